The lowest BCUT2D eigenvalue weighted by atomic mass is 9.82. The Morgan fingerprint density at radius 1 is 0.976 bits per heavy atom. The van der Waals surface area contributed by atoms with Crippen LogP contribution in [0.25, 0.3) is 0 Å². The van der Waals surface area contributed by atoms with Crippen LogP contribution in [-0.2, 0) is 19.9 Å². The molecule has 0 spiro atoms. The number of amides is 2. The van der Waals surface area contributed by atoms with E-state index in [0.29, 0.717) is 22.2 Å². The van der Waals surface area contributed by atoms with Crippen LogP contribution in [-0.4, -0.2) is 92.0 Å². The highest BCUT2D eigenvalue weighted by molar-refractivity contribution is 6.42. The van der Waals surface area contributed by atoms with Crippen LogP contribution in [0.5, 0.6) is 0 Å². The Bertz CT molecular complexity index is 1250. The molecule has 10 heteroatoms. The van der Waals surface area contributed by atoms with Gasteiger partial charge in [-0.15, -0.1) is 0 Å². The molecule has 3 fully saturated rings. The summed E-state index contributed by atoms with van der Waals surface area (Å²) < 4.78 is 20.0. The summed E-state index contributed by atoms with van der Waals surface area (Å²) in [5.74, 6) is -0.335. The number of hydrogen-bond donors (Lipinski definition) is 0. The van der Waals surface area contributed by atoms with Crippen molar-refractivity contribution in [1.29, 1.82) is 0 Å². The van der Waals surface area contributed by atoms with Crippen LogP contribution in [0.1, 0.15) is 44.1 Å². The number of likely N-dealkylation sites (N-methyl/N-ethyl adjacent to an activating group) is 1. The summed E-state index contributed by atoms with van der Waals surface area (Å²) in [5.41, 5.74) is 0.177. The molecule has 2 aromatic rings. The minimum atomic E-state index is -0.836. The summed E-state index contributed by atoms with van der Waals surface area (Å²) in [6.07, 6.45) is 5.67. The number of benzene rings is 2. The first-order valence-electron chi connectivity index (χ1n) is 14.5. The highest BCUT2D eigenvalue weighted by Crippen LogP contribution is 2.39. The molecule has 0 saturated carbocycles. The Morgan fingerprint density at radius 2 is 1.66 bits per heavy atom. The molecule has 222 valence electrons. The van der Waals surface area contributed by atoms with Crippen LogP contribution in [0.2, 0.25) is 10.0 Å². The van der Waals surface area contributed by atoms with E-state index in [-0.39, 0.29) is 30.8 Å². The lowest BCUT2D eigenvalue weighted by Gasteiger charge is -2.50. The molecule has 2 amide bonds. The molecule has 0 aromatic heterocycles. The first kappa shape index (κ1) is 30.2. The molecule has 7 nitrogen and oxygen atoms in total. The second-order valence-electron chi connectivity index (χ2n) is 11.7. The van der Waals surface area contributed by atoms with E-state index < -0.39 is 11.1 Å². The summed E-state index contributed by atoms with van der Waals surface area (Å²) in [7, 11) is 3.71. The number of carbonyl (C=O) groups excluding carboxylic acids is 2. The molecular weight excluding hydrogens is 566 g/mol. The van der Waals surface area contributed by atoms with Gasteiger partial charge in [-0.1, -0.05) is 35.7 Å². The molecule has 2 aromatic carbocycles. The average molecular weight is 606 g/mol. The van der Waals surface area contributed by atoms with Crippen molar-refractivity contribution in [2.24, 2.45) is 0 Å². The van der Waals surface area contributed by atoms with Crippen LogP contribution in [0.4, 0.5) is 10.1 Å². The first-order chi connectivity index (χ1) is 19.6. The number of nitrogens with zero attached hydrogens (tertiary/aromatic N) is 4. The van der Waals surface area contributed by atoms with Crippen LogP contribution in [0.3, 0.4) is 0 Å². The minimum absolute atomic E-state index is 0.104. The first-order valence-corrected chi connectivity index (χ1v) is 15.2. The van der Waals surface area contributed by atoms with Gasteiger partial charge < -0.3 is 19.4 Å². The predicted octanol–water partition coefficient (Wildman–Crippen LogP) is 5.19. The zero-order valence-electron chi connectivity index (χ0n) is 23.9. The highest BCUT2D eigenvalue weighted by atomic mass is 35.5. The normalized spacial score (nSPS) is 23.9. The third-order valence-corrected chi connectivity index (χ3v) is 9.79. The fraction of sp³-hybridized carbons (Fsp3) is 0.548. The Labute approximate surface area is 252 Å². The van der Waals surface area contributed by atoms with Crippen molar-refractivity contribution in [1.82, 2.24) is 14.7 Å². The maximum absolute atomic E-state index is 13.7. The maximum Gasteiger partial charge on any atom is 0.253 e. The molecule has 1 unspecified atom stereocenters. The number of anilines is 1. The lowest BCUT2D eigenvalue weighted by molar-refractivity contribution is -0.147. The predicted molar refractivity (Wildman–Crippen MR) is 160 cm³/mol. The molecule has 41 heavy (non-hydrogen) atoms. The van der Waals surface area contributed by atoms with Gasteiger partial charge in [-0.05, 0) is 87.2 Å². The van der Waals surface area contributed by atoms with Crippen molar-refractivity contribution in [3.05, 3.63) is 63.9 Å². The summed E-state index contributed by atoms with van der Waals surface area (Å²) in [6.45, 7) is 4.43. The number of halogens is 3. The minimum Gasteiger partial charge on any atom is -0.359 e. The summed E-state index contributed by atoms with van der Waals surface area (Å²) in [6, 6.07) is 11.4. The third kappa shape index (κ3) is 6.27. The van der Waals surface area contributed by atoms with E-state index in [2.05, 4.69) is 9.80 Å². The Kier molecular flexibility index (Phi) is 9.26. The summed E-state index contributed by atoms with van der Waals surface area (Å²) in [5, 5.41) is 0.868. The van der Waals surface area contributed by atoms with Gasteiger partial charge in [0.1, 0.15) is 23.6 Å². The van der Waals surface area contributed by atoms with Crippen molar-refractivity contribution in [2.75, 3.05) is 64.9 Å². The topological polar surface area (TPSA) is 56.3 Å². The fourth-order valence-corrected chi connectivity index (χ4v) is 6.96. The van der Waals surface area contributed by atoms with Crippen LogP contribution >= 0.6 is 23.2 Å². The second-order valence-corrected chi connectivity index (χ2v) is 12.6. The highest BCUT2D eigenvalue weighted by Gasteiger charge is 2.48. The van der Waals surface area contributed by atoms with Crippen LogP contribution < -0.4 is 4.90 Å². The van der Waals surface area contributed by atoms with E-state index in [0.717, 1.165) is 64.0 Å². The van der Waals surface area contributed by atoms with Crippen molar-refractivity contribution in [2.45, 2.75) is 49.7 Å². The number of rotatable bonds is 7. The molecule has 0 aliphatic carbocycles. The number of likely N-dealkylation sites (tertiary alicyclic amines) is 2. The number of hydrogen-bond acceptors (Lipinski definition) is 5. The summed E-state index contributed by atoms with van der Waals surface area (Å²) in [4.78, 5) is 34.7. The van der Waals surface area contributed by atoms with Gasteiger partial charge >= 0.3 is 0 Å². The van der Waals surface area contributed by atoms with E-state index in [4.69, 9.17) is 27.9 Å². The maximum atomic E-state index is 13.7. The molecule has 0 bridgehead atoms. The van der Waals surface area contributed by atoms with Gasteiger partial charge in [-0.3, -0.25) is 14.5 Å². The number of carbonyl (C=O) groups is 2. The van der Waals surface area contributed by atoms with Gasteiger partial charge in [0, 0.05) is 39.4 Å². The molecule has 3 heterocycles. The molecule has 3 aliphatic rings. The van der Waals surface area contributed by atoms with Gasteiger partial charge in [0.2, 0.25) is 5.91 Å². The Hall–Kier alpha value is -2.23. The van der Waals surface area contributed by atoms with Gasteiger partial charge in [0.15, 0.2) is 0 Å². The van der Waals surface area contributed by atoms with Gasteiger partial charge in [-0.25, -0.2) is 4.39 Å². The molecular formula is C31H39Cl2FN4O3. The largest absolute Gasteiger partial charge is 0.359 e. The lowest BCUT2D eigenvalue weighted by Crippen LogP contribution is -2.64. The van der Waals surface area contributed by atoms with Crippen molar-refractivity contribution < 1.29 is 18.7 Å². The molecule has 0 N–H and O–H groups in total. The standard InChI is InChI=1S/C31H39Cl2FN4O3/c1-35(2)29(40)30(37-15-4-3-5-16-37)12-17-36(18-13-30)19-14-31(23-6-11-26(32)27(33)20-23)22-38(28(39)21-41-31)25-9-7-24(34)8-10-25/h6-11,20H,3-5,12-19,21-22H2,1-2H3. The molecule has 3 saturated heterocycles. The van der Waals surface area contributed by atoms with Gasteiger partial charge in [-0.2, -0.15) is 0 Å². The Balaban J connectivity index is 1.36. The Morgan fingerprint density at radius 3 is 2.29 bits per heavy atom. The van der Waals surface area contributed by atoms with Crippen LogP contribution in [0, 0.1) is 5.82 Å². The average Bonchev–Trinajstić information content (AvgIpc) is 2.99. The monoisotopic (exact) mass is 604 g/mol. The van der Waals surface area contributed by atoms with Gasteiger partial charge in [0.25, 0.3) is 5.91 Å². The number of piperidine rings is 2. The molecule has 1 atom stereocenters. The van der Waals surface area contributed by atoms with E-state index >= 15 is 0 Å². The molecule has 5 rings (SSSR count). The SMILES string of the molecule is CN(C)C(=O)C1(N2CCCCC2)CCN(CCC2(c3ccc(Cl)c(Cl)c3)CN(c3ccc(F)cc3)C(=O)CO2)CC1. The zero-order chi connectivity index (χ0) is 29.2. The van der Waals surface area contributed by atoms with E-state index in [1.165, 1.54) is 18.6 Å². The van der Waals surface area contributed by atoms with Crippen molar-refractivity contribution >= 4 is 40.7 Å². The fourth-order valence-electron chi connectivity index (χ4n) is 6.66. The molecule has 0 radical (unpaired) electrons. The quantitative estimate of drug-likeness (QED) is 0.435. The summed E-state index contributed by atoms with van der Waals surface area (Å²) >= 11 is 12.7. The second kappa shape index (κ2) is 12.6. The number of ether oxygens (including phenoxy) is 1. The van der Waals surface area contributed by atoms with Crippen molar-refractivity contribution in [3.63, 3.8) is 0 Å². The number of morpholine rings is 1. The van der Waals surface area contributed by atoms with Gasteiger partial charge in [0.05, 0.1) is 16.6 Å². The van der Waals surface area contributed by atoms with Crippen molar-refractivity contribution in [3.8, 4) is 0 Å². The van der Waals surface area contributed by atoms with E-state index in [1.807, 2.05) is 26.2 Å². The van der Waals surface area contributed by atoms with E-state index in [9.17, 15) is 14.0 Å². The third-order valence-electron chi connectivity index (χ3n) is 9.05. The zero-order valence-corrected chi connectivity index (χ0v) is 25.4. The van der Waals surface area contributed by atoms with E-state index in [1.54, 1.807) is 28.0 Å². The van der Waals surface area contributed by atoms with Crippen LogP contribution in [0.15, 0.2) is 42.5 Å². The molecule has 3 aliphatic heterocycles. The smallest absolute Gasteiger partial charge is 0.253 e.